The maximum atomic E-state index is 12.0. The second-order valence-corrected chi connectivity index (χ2v) is 6.89. The third-order valence-electron chi connectivity index (χ3n) is 5.49. The molecule has 2 aliphatic heterocycles. The third-order valence-corrected chi connectivity index (χ3v) is 5.49. The van der Waals surface area contributed by atoms with E-state index in [2.05, 4.69) is 0 Å². The molecule has 0 saturated carbocycles. The fraction of sp³-hybridized carbons (Fsp3) is 0.500. The van der Waals surface area contributed by atoms with Crippen LogP contribution in [0.3, 0.4) is 0 Å². The highest BCUT2D eigenvalue weighted by Crippen LogP contribution is 2.38. The number of ether oxygens (including phenoxy) is 2. The lowest BCUT2D eigenvalue weighted by molar-refractivity contribution is -0.142. The van der Waals surface area contributed by atoms with Crippen LogP contribution in [0.5, 0.6) is 5.75 Å². The Hall–Kier alpha value is -2.34. The maximum Gasteiger partial charge on any atom is 0.342 e. The lowest BCUT2D eigenvalue weighted by Gasteiger charge is -2.18. The van der Waals surface area contributed by atoms with Crippen LogP contribution >= 0.6 is 0 Å². The number of aromatic hydroxyl groups is 1. The van der Waals surface area contributed by atoms with E-state index >= 15 is 0 Å². The number of fused-ring (bicyclic) bond motifs is 1. The first kappa shape index (κ1) is 18.5. The van der Waals surface area contributed by atoms with Crippen molar-refractivity contribution in [1.82, 2.24) is 0 Å². The van der Waals surface area contributed by atoms with Gasteiger partial charge in [-0.2, -0.15) is 0 Å². The van der Waals surface area contributed by atoms with Gasteiger partial charge < -0.3 is 19.7 Å². The molecule has 2 heterocycles. The van der Waals surface area contributed by atoms with Crippen molar-refractivity contribution in [2.24, 2.45) is 5.92 Å². The Labute approximate surface area is 152 Å². The zero-order valence-corrected chi connectivity index (χ0v) is 15.3. The highest BCUT2D eigenvalue weighted by Gasteiger charge is 2.35. The summed E-state index contributed by atoms with van der Waals surface area (Å²) in [5.74, 6) is -1.90. The maximum absolute atomic E-state index is 12.0. The van der Waals surface area contributed by atoms with Crippen molar-refractivity contribution >= 4 is 11.9 Å². The summed E-state index contributed by atoms with van der Waals surface area (Å²) in [4.78, 5) is 23.3. The number of benzene rings is 1. The molecule has 2 N–H and O–H groups in total. The Kier molecular flexibility index (Phi) is 5.05. The summed E-state index contributed by atoms with van der Waals surface area (Å²) in [6.45, 7) is 6.43. The van der Waals surface area contributed by atoms with E-state index in [0.29, 0.717) is 25.0 Å². The molecule has 1 aromatic carbocycles. The Balaban J connectivity index is 1.95. The van der Waals surface area contributed by atoms with Gasteiger partial charge in [0.25, 0.3) is 0 Å². The molecule has 0 aromatic heterocycles. The van der Waals surface area contributed by atoms with Crippen molar-refractivity contribution < 1.29 is 29.3 Å². The fourth-order valence-corrected chi connectivity index (χ4v) is 4.01. The minimum absolute atomic E-state index is 0.0175. The lowest BCUT2D eigenvalue weighted by Crippen LogP contribution is -2.25. The third kappa shape index (κ3) is 2.98. The first-order valence-corrected chi connectivity index (χ1v) is 8.91. The van der Waals surface area contributed by atoms with Crippen molar-refractivity contribution in [3.05, 3.63) is 39.5 Å². The lowest BCUT2D eigenvalue weighted by atomic mass is 9.88. The van der Waals surface area contributed by atoms with Gasteiger partial charge >= 0.3 is 11.9 Å². The minimum atomic E-state index is -0.853. The van der Waals surface area contributed by atoms with Gasteiger partial charge in [-0.3, -0.25) is 4.79 Å². The number of phenols is 1. The second kappa shape index (κ2) is 7.11. The average molecular weight is 360 g/mol. The molecule has 2 aliphatic rings. The van der Waals surface area contributed by atoms with E-state index in [4.69, 9.17) is 9.47 Å². The molecule has 0 amide bonds. The Morgan fingerprint density at radius 2 is 2.08 bits per heavy atom. The number of carbonyl (C=O) groups excluding carboxylic acids is 1. The molecule has 1 fully saturated rings. The van der Waals surface area contributed by atoms with Gasteiger partial charge in [0.15, 0.2) is 0 Å². The number of phenolic OH excluding ortho intramolecular Hbond substituents is 1. The second-order valence-electron chi connectivity index (χ2n) is 6.89. The van der Waals surface area contributed by atoms with Gasteiger partial charge in [-0.05, 0) is 49.8 Å². The summed E-state index contributed by atoms with van der Waals surface area (Å²) in [5.41, 5.74) is 4.54. The van der Waals surface area contributed by atoms with Crippen LogP contribution in [0.2, 0.25) is 0 Å². The predicted molar refractivity (Wildman–Crippen MR) is 94.3 cm³/mol. The number of hydrogen-bond donors (Lipinski definition) is 2. The number of hydrogen-bond acceptors (Lipinski definition) is 5. The van der Waals surface area contributed by atoms with E-state index in [9.17, 15) is 19.8 Å². The molecular weight excluding hydrogens is 336 g/mol. The normalized spacial score (nSPS) is 22.4. The van der Waals surface area contributed by atoms with Gasteiger partial charge in [-0.15, -0.1) is 0 Å². The Morgan fingerprint density at radius 1 is 1.35 bits per heavy atom. The summed E-state index contributed by atoms with van der Waals surface area (Å²) in [7, 11) is 0. The molecule has 2 atom stereocenters. The number of carboxylic acids is 1. The molecule has 0 bridgehead atoms. The molecule has 3 rings (SSSR count). The molecular formula is C20H24O6. The van der Waals surface area contributed by atoms with E-state index in [1.807, 2.05) is 26.8 Å². The monoisotopic (exact) mass is 360 g/mol. The molecule has 0 aliphatic carbocycles. The Morgan fingerprint density at radius 3 is 2.73 bits per heavy atom. The van der Waals surface area contributed by atoms with E-state index in [1.54, 1.807) is 0 Å². The first-order valence-electron chi connectivity index (χ1n) is 8.91. The van der Waals surface area contributed by atoms with Gasteiger partial charge in [0.05, 0.1) is 12.0 Å². The SMILES string of the molecule is CCc1c(C)c2c(c(O)c1C/C=C(/C)C1OCCC1C(=O)O)C(=O)OC2. The van der Waals surface area contributed by atoms with Gasteiger partial charge in [-0.1, -0.05) is 13.0 Å². The number of rotatable bonds is 5. The van der Waals surface area contributed by atoms with Crippen LogP contribution in [0.15, 0.2) is 11.6 Å². The predicted octanol–water partition coefficient (Wildman–Crippen LogP) is 2.91. The molecule has 0 radical (unpaired) electrons. The zero-order valence-electron chi connectivity index (χ0n) is 15.3. The van der Waals surface area contributed by atoms with Crippen LogP contribution in [0.1, 0.15) is 52.9 Å². The van der Waals surface area contributed by atoms with E-state index < -0.39 is 24.0 Å². The number of carbonyl (C=O) groups is 2. The minimum Gasteiger partial charge on any atom is -0.507 e. The van der Waals surface area contributed by atoms with Gasteiger partial charge in [0.2, 0.25) is 0 Å². The number of esters is 1. The number of cyclic esters (lactones) is 1. The highest BCUT2D eigenvalue weighted by atomic mass is 16.5. The van der Waals surface area contributed by atoms with Crippen molar-refractivity contribution in [2.75, 3.05) is 6.61 Å². The van der Waals surface area contributed by atoms with Crippen molar-refractivity contribution in [3.63, 3.8) is 0 Å². The molecule has 1 saturated heterocycles. The van der Waals surface area contributed by atoms with Crippen LogP contribution in [0, 0.1) is 12.8 Å². The van der Waals surface area contributed by atoms with Crippen LogP contribution in [-0.2, 0) is 33.7 Å². The quantitative estimate of drug-likeness (QED) is 0.619. The summed E-state index contributed by atoms with van der Waals surface area (Å²) >= 11 is 0. The summed E-state index contributed by atoms with van der Waals surface area (Å²) < 4.78 is 10.7. The molecule has 140 valence electrons. The van der Waals surface area contributed by atoms with Gasteiger partial charge in [-0.25, -0.2) is 4.79 Å². The highest BCUT2D eigenvalue weighted by molar-refractivity contribution is 5.97. The topological polar surface area (TPSA) is 93.1 Å². The van der Waals surface area contributed by atoms with Gasteiger partial charge in [0, 0.05) is 17.7 Å². The standard InChI is InChI=1S/C20H24O6/c1-4-12-11(3)15-9-26-20(24)16(15)17(21)13(12)6-5-10(2)18-14(19(22)23)7-8-25-18/h5,14,18,21H,4,6-9H2,1-3H3,(H,22,23)/b10-5-. The molecule has 1 aromatic rings. The van der Waals surface area contributed by atoms with Gasteiger partial charge in [0.1, 0.15) is 17.9 Å². The van der Waals surface area contributed by atoms with Crippen LogP contribution < -0.4 is 0 Å². The summed E-state index contributed by atoms with van der Waals surface area (Å²) in [6.07, 6.45) is 3.09. The van der Waals surface area contributed by atoms with Crippen molar-refractivity contribution in [2.45, 2.75) is 52.7 Å². The number of allylic oxidation sites excluding steroid dienone is 1. The van der Waals surface area contributed by atoms with Crippen LogP contribution in [-0.4, -0.2) is 34.9 Å². The number of carboxylic acid groups (broad SMARTS) is 1. The molecule has 6 nitrogen and oxygen atoms in total. The fourth-order valence-electron chi connectivity index (χ4n) is 4.01. The molecule has 0 spiro atoms. The summed E-state index contributed by atoms with van der Waals surface area (Å²) in [5, 5.41) is 20.0. The molecule has 2 unspecified atom stereocenters. The average Bonchev–Trinajstić information content (AvgIpc) is 3.23. The van der Waals surface area contributed by atoms with E-state index in [0.717, 1.165) is 28.7 Å². The number of aliphatic carboxylic acids is 1. The molecule has 26 heavy (non-hydrogen) atoms. The van der Waals surface area contributed by atoms with E-state index in [-0.39, 0.29) is 17.9 Å². The van der Waals surface area contributed by atoms with Crippen molar-refractivity contribution in [1.29, 1.82) is 0 Å². The summed E-state index contributed by atoms with van der Waals surface area (Å²) in [6, 6.07) is 0. The smallest absolute Gasteiger partial charge is 0.342 e. The zero-order chi connectivity index (χ0) is 19.0. The largest absolute Gasteiger partial charge is 0.507 e. The van der Waals surface area contributed by atoms with Crippen LogP contribution in [0.4, 0.5) is 0 Å². The van der Waals surface area contributed by atoms with Crippen LogP contribution in [0.25, 0.3) is 0 Å². The molecule has 6 heteroatoms. The Bertz CT molecular complexity index is 792. The van der Waals surface area contributed by atoms with E-state index in [1.165, 1.54) is 0 Å². The first-order chi connectivity index (χ1) is 12.4. The van der Waals surface area contributed by atoms with Crippen molar-refractivity contribution in [3.8, 4) is 5.75 Å².